The largest absolute Gasteiger partial charge is 0.508 e. The van der Waals surface area contributed by atoms with Crippen molar-refractivity contribution in [2.24, 2.45) is 0 Å². The van der Waals surface area contributed by atoms with Gasteiger partial charge in [0.25, 0.3) is 0 Å². The minimum Gasteiger partial charge on any atom is -0.508 e. The van der Waals surface area contributed by atoms with Crippen LogP contribution >= 0.6 is 0 Å². The maximum absolute atomic E-state index is 13.3. The lowest BCUT2D eigenvalue weighted by Crippen LogP contribution is -2.40. The Bertz CT molecular complexity index is 1570. The summed E-state index contributed by atoms with van der Waals surface area (Å²) in [5.41, 5.74) is -1.45. The minimum absolute atomic E-state index is 0.366. The van der Waals surface area contributed by atoms with E-state index in [9.17, 15) is 53.8 Å². The van der Waals surface area contributed by atoms with Crippen molar-refractivity contribution in [1.82, 2.24) is 0 Å². The minimum atomic E-state index is -5.21. The highest BCUT2D eigenvalue weighted by molar-refractivity contribution is 7.81. The van der Waals surface area contributed by atoms with Crippen molar-refractivity contribution in [2.75, 3.05) is 0 Å². The zero-order chi connectivity index (χ0) is 28.1. The summed E-state index contributed by atoms with van der Waals surface area (Å²) in [6, 6.07) is 4.61. The third-order valence-corrected chi connectivity index (χ3v) is 5.63. The summed E-state index contributed by atoms with van der Waals surface area (Å²) in [6.45, 7) is 0. The van der Waals surface area contributed by atoms with Gasteiger partial charge in [-0.3, -0.25) is 9.35 Å². The van der Waals surface area contributed by atoms with Gasteiger partial charge in [-0.25, -0.2) is 4.79 Å². The van der Waals surface area contributed by atoms with Crippen molar-refractivity contribution >= 4 is 22.2 Å². The molecule has 3 aromatic rings. The molecule has 1 heterocycles. The fraction of sp³-hybridized carbons (Fsp3) is 0.0909. The average Bonchev–Trinajstić information content (AvgIpc) is 2.80. The maximum Gasteiger partial charge on any atom is 0.446 e. The van der Waals surface area contributed by atoms with E-state index in [0.29, 0.717) is 18.2 Å². The molecule has 0 amide bonds. The van der Waals surface area contributed by atoms with Gasteiger partial charge in [0.15, 0.2) is 34.9 Å². The van der Waals surface area contributed by atoms with Crippen LogP contribution in [0.1, 0.15) is 32.4 Å². The van der Waals surface area contributed by atoms with Crippen molar-refractivity contribution in [1.29, 1.82) is 0 Å². The van der Waals surface area contributed by atoms with Gasteiger partial charge in [-0.15, -0.1) is 0 Å². The second-order valence-corrected chi connectivity index (χ2v) is 8.85. The molecule has 1 aliphatic rings. The number of hydrogen-bond acceptors (Lipinski definition) is 14. The van der Waals surface area contributed by atoms with Gasteiger partial charge in [-0.1, -0.05) is 0 Å². The molecule has 15 nitrogen and oxygen atoms in total. The quantitative estimate of drug-likeness (QED) is 0.126. The standard InChI is InChI=1S/C22H16O15S/c23-9-5-10(24)16-14(6-9)35-20(7-1-13(27)18(29)15(4-7)37-38(32,33)34)21(19(16)30)36-22(31)8-2-11(25)17(28)12(26)3-8/h1-6,20-21,23-29H,(H,32,33,34)/t20-,21+/m1/s1. The highest BCUT2D eigenvalue weighted by Crippen LogP contribution is 2.46. The smallest absolute Gasteiger partial charge is 0.446 e. The topological polar surface area (TPSA) is 258 Å². The number of carbonyl (C=O) groups excluding carboxylic acids is 2. The van der Waals surface area contributed by atoms with Gasteiger partial charge in [0.05, 0.1) is 5.56 Å². The van der Waals surface area contributed by atoms with Crippen molar-refractivity contribution in [3.8, 4) is 51.7 Å². The van der Waals surface area contributed by atoms with Crippen LogP contribution in [0.3, 0.4) is 0 Å². The number of carbonyl (C=O) groups is 2. The number of Topliss-reactive ketones (excluding diaryl/α,β-unsaturated/α-hetero) is 1. The third-order valence-electron chi connectivity index (χ3n) is 5.24. The first-order valence-corrected chi connectivity index (χ1v) is 11.5. The molecule has 8 N–H and O–H groups in total. The third kappa shape index (κ3) is 4.80. The number of ether oxygens (including phenoxy) is 2. The Kier molecular flexibility index (Phi) is 6.22. The van der Waals surface area contributed by atoms with E-state index in [1.165, 1.54) is 0 Å². The molecule has 2 atom stereocenters. The number of phenolic OH excluding ortho intramolecular Hbond substituents is 7. The van der Waals surface area contributed by atoms with Crippen LogP contribution in [0.4, 0.5) is 0 Å². The predicted octanol–water partition coefficient (Wildman–Crippen LogP) is 1.35. The molecule has 38 heavy (non-hydrogen) atoms. The molecule has 0 bridgehead atoms. The van der Waals surface area contributed by atoms with Gasteiger partial charge in [0, 0.05) is 17.7 Å². The van der Waals surface area contributed by atoms with Crippen LogP contribution in [0.15, 0.2) is 36.4 Å². The number of ketones is 1. The van der Waals surface area contributed by atoms with E-state index in [2.05, 4.69) is 4.18 Å². The molecule has 0 radical (unpaired) electrons. The summed E-state index contributed by atoms with van der Waals surface area (Å²) in [7, 11) is -5.21. The molecule has 0 saturated heterocycles. The fourth-order valence-corrected chi connectivity index (χ4v) is 3.98. The Morgan fingerprint density at radius 1 is 0.816 bits per heavy atom. The zero-order valence-electron chi connectivity index (χ0n) is 18.5. The number of hydrogen-bond donors (Lipinski definition) is 8. The van der Waals surface area contributed by atoms with Crippen molar-refractivity contribution in [2.45, 2.75) is 12.2 Å². The summed E-state index contributed by atoms with van der Waals surface area (Å²) in [4.78, 5) is 26.2. The van der Waals surface area contributed by atoms with E-state index in [-0.39, 0.29) is 5.56 Å². The van der Waals surface area contributed by atoms with Crippen LogP contribution in [0.5, 0.6) is 51.7 Å². The number of benzene rings is 3. The van der Waals surface area contributed by atoms with Crippen LogP contribution in [-0.2, 0) is 15.1 Å². The number of phenols is 7. The van der Waals surface area contributed by atoms with Crippen molar-refractivity contribution in [3.63, 3.8) is 0 Å². The molecule has 0 aromatic heterocycles. The SMILES string of the molecule is O=C(O[C@H]1C(=O)c2c(O)cc(O)cc2O[C@@H]1c1cc(O)c(O)c(OS(=O)(=O)O)c1)c1cc(O)c(O)c(O)c1. The second kappa shape index (κ2) is 9.09. The summed E-state index contributed by atoms with van der Waals surface area (Å²) >= 11 is 0. The maximum atomic E-state index is 13.3. The number of esters is 1. The van der Waals surface area contributed by atoms with E-state index in [1.54, 1.807) is 0 Å². The van der Waals surface area contributed by atoms with E-state index in [0.717, 1.165) is 18.2 Å². The van der Waals surface area contributed by atoms with Crippen LogP contribution in [0.25, 0.3) is 0 Å². The van der Waals surface area contributed by atoms with Gasteiger partial charge in [0.2, 0.25) is 17.6 Å². The van der Waals surface area contributed by atoms with Crippen LogP contribution in [0.2, 0.25) is 0 Å². The molecular formula is C22H16O15S. The molecular weight excluding hydrogens is 536 g/mol. The number of fused-ring (bicyclic) bond motifs is 1. The highest BCUT2D eigenvalue weighted by Gasteiger charge is 2.44. The van der Waals surface area contributed by atoms with Gasteiger partial charge in [-0.05, 0) is 24.3 Å². The van der Waals surface area contributed by atoms with E-state index >= 15 is 0 Å². The first-order chi connectivity index (χ1) is 17.7. The van der Waals surface area contributed by atoms with Gasteiger partial charge < -0.3 is 49.4 Å². The lowest BCUT2D eigenvalue weighted by Gasteiger charge is -2.32. The molecule has 0 unspecified atom stereocenters. The Morgan fingerprint density at radius 3 is 2.03 bits per heavy atom. The molecule has 0 saturated carbocycles. The molecule has 0 spiro atoms. The summed E-state index contributed by atoms with van der Waals surface area (Å²) in [5, 5.41) is 68.9. The van der Waals surface area contributed by atoms with Crippen molar-refractivity contribution < 1.29 is 72.0 Å². The Hall–Kier alpha value is -5.09. The van der Waals surface area contributed by atoms with Crippen LogP contribution < -0.4 is 8.92 Å². The van der Waals surface area contributed by atoms with E-state index < -0.39 is 97.2 Å². The van der Waals surface area contributed by atoms with Crippen molar-refractivity contribution in [3.05, 3.63) is 53.1 Å². The Morgan fingerprint density at radius 2 is 1.42 bits per heavy atom. The molecule has 3 aromatic carbocycles. The van der Waals surface area contributed by atoms with E-state index in [4.69, 9.17) is 14.0 Å². The lowest BCUT2D eigenvalue weighted by atomic mass is 9.92. The molecule has 0 fully saturated rings. The lowest BCUT2D eigenvalue weighted by molar-refractivity contribution is -0.0102. The first kappa shape index (κ1) is 26.0. The van der Waals surface area contributed by atoms with Crippen LogP contribution in [0, 0.1) is 0 Å². The van der Waals surface area contributed by atoms with Gasteiger partial charge >= 0.3 is 16.4 Å². The molecule has 16 heteroatoms. The van der Waals surface area contributed by atoms with Gasteiger partial charge in [-0.2, -0.15) is 8.42 Å². The van der Waals surface area contributed by atoms with Gasteiger partial charge in [0.1, 0.15) is 22.8 Å². The highest BCUT2D eigenvalue weighted by atomic mass is 32.3. The number of rotatable bonds is 5. The second-order valence-electron chi connectivity index (χ2n) is 7.83. The number of aromatic hydroxyl groups is 7. The summed E-state index contributed by atoms with van der Waals surface area (Å²) < 4.78 is 46.3. The normalized spacial score (nSPS) is 16.8. The Labute approximate surface area is 211 Å². The molecule has 1 aliphatic heterocycles. The zero-order valence-corrected chi connectivity index (χ0v) is 19.3. The fourth-order valence-electron chi connectivity index (χ4n) is 3.62. The Balaban J connectivity index is 1.84. The van der Waals surface area contributed by atoms with Crippen LogP contribution in [-0.4, -0.2) is 66.6 Å². The first-order valence-electron chi connectivity index (χ1n) is 10.1. The summed E-state index contributed by atoms with van der Waals surface area (Å²) in [5.74, 6) is -10.1. The summed E-state index contributed by atoms with van der Waals surface area (Å²) in [6.07, 6.45) is -3.79. The average molecular weight is 552 g/mol. The monoisotopic (exact) mass is 552 g/mol. The molecule has 200 valence electrons. The molecule has 0 aliphatic carbocycles. The predicted molar refractivity (Wildman–Crippen MR) is 120 cm³/mol. The van der Waals surface area contributed by atoms with E-state index in [1.807, 2.05) is 0 Å². The molecule has 4 rings (SSSR count).